The van der Waals surface area contributed by atoms with Gasteiger partial charge in [-0.15, -0.1) is 5.10 Å². The molecule has 1 N–H and O–H groups in total. The number of nitriles is 1. The zero-order chi connectivity index (χ0) is 20.5. The summed E-state index contributed by atoms with van der Waals surface area (Å²) in [5.41, 5.74) is 4.21. The van der Waals surface area contributed by atoms with E-state index < -0.39 is 0 Å². The topological polar surface area (TPSA) is 87.1 Å². The van der Waals surface area contributed by atoms with Gasteiger partial charge >= 0.3 is 0 Å². The van der Waals surface area contributed by atoms with Crippen molar-refractivity contribution >= 4 is 17.3 Å². The van der Waals surface area contributed by atoms with Crippen LogP contribution in [0.25, 0.3) is 16.8 Å². The third-order valence-electron chi connectivity index (χ3n) is 5.65. The van der Waals surface area contributed by atoms with Crippen molar-refractivity contribution < 1.29 is 0 Å². The lowest BCUT2D eigenvalue weighted by Gasteiger charge is -2.18. The maximum atomic E-state index is 9.01. The van der Waals surface area contributed by atoms with Gasteiger partial charge in [-0.3, -0.25) is 4.68 Å². The van der Waals surface area contributed by atoms with Gasteiger partial charge in [0.25, 0.3) is 0 Å². The van der Waals surface area contributed by atoms with Crippen molar-refractivity contribution in [3.8, 4) is 17.2 Å². The molecule has 3 aromatic heterocycles. The third kappa shape index (κ3) is 3.51. The summed E-state index contributed by atoms with van der Waals surface area (Å²) in [6.45, 7) is 2.05. The maximum Gasteiger partial charge on any atom is 0.247 e. The van der Waals surface area contributed by atoms with Gasteiger partial charge in [0.2, 0.25) is 5.95 Å². The molecule has 1 aliphatic heterocycles. The normalized spacial score (nSPS) is 16.7. The van der Waals surface area contributed by atoms with E-state index in [0.29, 0.717) is 17.6 Å². The van der Waals surface area contributed by atoms with Crippen LogP contribution >= 0.6 is 0 Å². The second kappa shape index (κ2) is 7.61. The first-order valence-corrected chi connectivity index (χ1v) is 10.1. The van der Waals surface area contributed by atoms with E-state index in [9.17, 15) is 0 Å². The van der Waals surface area contributed by atoms with Crippen LogP contribution in [0.4, 0.5) is 11.6 Å². The molecule has 1 fully saturated rings. The molecule has 0 aliphatic carbocycles. The first kappa shape index (κ1) is 18.3. The molecule has 4 heterocycles. The monoisotopic (exact) mass is 398 g/mol. The zero-order valence-electron chi connectivity index (χ0n) is 16.7. The molecule has 0 unspecified atom stereocenters. The van der Waals surface area contributed by atoms with Crippen LogP contribution in [0.15, 0.2) is 55.0 Å². The lowest BCUT2D eigenvalue weighted by atomic mass is 10.1. The molecule has 1 saturated heterocycles. The predicted molar refractivity (Wildman–Crippen MR) is 114 cm³/mol. The van der Waals surface area contributed by atoms with Crippen molar-refractivity contribution in [2.24, 2.45) is 0 Å². The molecule has 5 rings (SSSR count). The second-order valence-corrected chi connectivity index (χ2v) is 7.67. The van der Waals surface area contributed by atoms with Crippen LogP contribution in [0.1, 0.15) is 18.4 Å². The van der Waals surface area contributed by atoms with E-state index in [-0.39, 0.29) is 0 Å². The Kier molecular flexibility index (Phi) is 4.65. The molecule has 30 heavy (non-hydrogen) atoms. The number of rotatable bonds is 5. The smallest absolute Gasteiger partial charge is 0.247 e. The largest absolute Gasteiger partial charge is 0.320 e. The Balaban J connectivity index is 1.37. The Morgan fingerprint density at radius 1 is 1.23 bits per heavy atom. The molecular formula is C22H22N8. The highest BCUT2D eigenvalue weighted by atomic mass is 15.4. The summed E-state index contributed by atoms with van der Waals surface area (Å²) < 4.78 is 3.74. The fourth-order valence-electron chi connectivity index (χ4n) is 3.99. The van der Waals surface area contributed by atoms with Crippen molar-refractivity contribution in [1.82, 2.24) is 29.3 Å². The number of likely N-dealkylation sites (N-methyl/N-ethyl adjacent to an activating group) is 1. The number of nitrogens with one attached hydrogen (secondary N) is 1. The molecular weight excluding hydrogens is 376 g/mol. The van der Waals surface area contributed by atoms with Crippen molar-refractivity contribution in [3.63, 3.8) is 0 Å². The Bertz CT molecular complexity index is 1210. The number of nitrogens with zero attached hydrogens (tertiary/aromatic N) is 7. The first-order valence-electron chi connectivity index (χ1n) is 10.1. The van der Waals surface area contributed by atoms with E-state index in [1.165, 1.54) is 12.8 Å². The van der Waals surface area contributed by atoms with Gasteiger partial charge in [-0.1, -0.05) is 12.1 Å². The third-order valence-corrected chi connectivity index (χ3v) is 5.65. The van der Waals surface area contributed by atoms with Crippen molar-refractivity contribution in [1.29, 1.82) is 5.26 Å². The van der Waals surface area contributed by atoms with E-state index in [1.54, 1.807) is 4.52 Å². The highest BCUT2D eigenvalue weighted by molar-refractivity contribution is 5.78. The standard InChI is InChI=1S/C22H22N8/c1-28-10-2-4-19(28)15-29-14-18(13-24-29)25-22-26-21-20(5-3-11-30(21)27-22)17-8-6-16(12-23)7-9-17/h3,5-9,11,13-14,19H,2,4,10,15H2,1H3,(H,25,27)/t19-/m0/s1. The van der Waals surface area contributed by atoms with Crippen LogP contribution < -0.4 is 5.32 Å². The fourth-order valence-corrected chi connectivity index (χ4v) is 3.99. The Morgan fingerprint density at radius 3 is 2.87 bits per heavy atom. The van der Waals surface area contributed by atoms with Gasteiger partial charge in [-0.05, 0) is 56.3 Å². The number of aromatic nitrogens is 5. The van der Waals surface area contributed by atoms with Gasteiger partial charge in [0.1, 0.15) is 0 Å². The van der Waals surface area contributed by atoms with Gasteiger partial charge in [-0.25, -0.2) is 4.52 Å². The van der Waals surface area contributed by atoms with Gasteiger partial charge in [-0.2, -0.15) is 15.3 Å². The van der Waals surface area contributed by atoms with Crippen LogP contribution in [-0.4, -0.2) is 48.9 Å². The zero-order valence-corrected chi connectivity index (χ0v) is 16.7. The maximum absolute atomic E-state index is 9.01. The molecule has 0 saturated carbocycles. The molecule has 0 bridgehead atoms. The summed E-state index contributed by atoms with van der Waals surface area (Å²) in [6, 6.07) is 14.1. The van der Waals surface area contributed by atoms with Gasteiger partial charge < -0.3 is 10.2 Å². The predicted octanol–water partition coefficient (Wildman–Crippen LogP) is 3.30. The quantitative estimate of drug-likeness (QED) is 0.555. The van der Waals surface area contributed by atoms with Crippen molar-refractivity contribution in [3.05, 3.63) is 60.6 Å². The van der Waals surface area contributed by atoms with Gasteiger partial charge in [0.05, 0.1) is 30.1 Å². The van der Waals surface area contributed by atoms with Crippen LogP contribution in [0.3, 0.4) is 0 Å². The summed E-state index contributed by atoms with van der Waals surface area (Å²) >= 11 is 0. The lowest BCUT2D eigenvalue weighted by molar-refractivity contribution is 0.274. The number of anilines is 2. The molecule has 1 atom stereocenters. The highest BCUT2D eigenvalue weighted by Crippen LogP contribution is 2.25. The molecule has 8 heteroatoms. The van der Waals surface area contributed by atoms with E-state index in [1.807, 2.05) is 59.7 Å². The minimum absolute atomic E-state index is 0.522. The van der Waals surface area contributed by atoms with Gasteiger partial charge in [0.15, 0.2) is 5.65 Å². The Morgan fingerprint density at radius 2 is 2.10 bits per heavy atom. The minimum atomic E-state index is 0.522. The minimum Gasteiger partial charge on any atom is -0.320 e. The first-order chi connectivity index (χ1) is 14.7. The Labute approximate surface area is 174 Å². The number of benzene rings is 1. The average Bonchev–Trinajstić information content (AvgIpc) is 3.49. The molecule has 150 valence electrons. The fraction of sp³-hybridized carbons (Fsp3) is 0.273. The van der Waals surface area contributed by atoms with Gasteiger partial charge in [0, 0.05) is 24.0 Å². The Hall–Kier alpha value is -3.70. The molecule has 0 amide bonds. The van der Waals surface area contributed by atoms with Crippen LogP contribution in [0.5, 0.6) is 0 Å². The molecule has 8 nitrogen and oxygen atoms in total. The molecule has 1 aromatic carbocycles. The lowest BCUT2D eigenvalue weighted by Crippen LogP contribution is -2.29. The number of hydrogen-bond acceptors (Lipinski definition) is 6. The average molecular weight is 398 g/mol. The van der Waals surface area contributed by atoms with Crippen LogP contribution in [0.2, 0.25) is 0 Å². The second-order valence-electron chi connectivity index (χ2n) is 7.67. The molecule has 1 aliphatic rings. The summed E-state index contributed by atoms with van der Waals surface area (Å²) in [4.78, 5) is 7.07. The summed E-state index contributed by atoms with van der Waals surface area (Å²) in [5, 5.41) is 21.3. The highest BCUT2D eigenvalue weighted by Gasteiger charge is 2.21. The number of hydrogen-bond donors (Lipinski definition) is 1. The SMILES string of the molecule is CN1CCC[C@H]1Cn1cc(Nc2nc3c(-c4ccc(C#N)cc4)cccn3n2)cn1. The number of fused-ring (bicyclic) bond motifs is 1. The van der Waals surface area contributed by atoms with Crippen LogP contribution in [-0.2, 0) is 6.54 Å². The van der Waals surface area contributed by atoms with E-state index in [4.69, 9.17) is 5.26 Å². The summed E-state index contributed by atoms with van der Waals surface area (Å²) in [7, 11) is 2.17. The molecule has 4 aromatic rings. The van der Waals surface area contributed by atoms with Crippen molar-refractivity contribution in [2.45, 2.75) is 25.4 Å². The number of likely N-dealkylation sites (tertiary alicyclic amines) is 1. The number of pyridine rings is 1. The van der Waals surface area contributed by atoms with E-state index >= 15 is 0 Å². The summed E-state index contributed by atoms with van der Waals surface area (Å²) in [5.74, 6) is 0.522. The molecule has 0 spiro atoms. The summed E-state index contributed by atoms with van der Waals surface area (Å²) in [6.07, 6.45) is 8.15. The van der Waals surface area contributed by atoms with E-state index in [2.05, 4.69) is 38.5 Å². The molecule has 0 radical (unpaired) electrons. The van der Waals surface area contributed by atoms with E-state index in [0.717, 1.165) is 35.6 Å². The van der Waals surface area contributed by atoms with Crippen LogP contribution in [0, 0.1) is 11.3 Å². The van der Waals surface area contributed by atoms with Crippen molar-refractivity contribution in [2.75, 3.05) is 18.9 Å².